The molecular formula is C31H62O16P2Y2. The second kappa shape index (κ2) is 30.2. The van der Waals surface area contributed by atoms with E-state index < -0.39 is 96.6 Å². The third-order valence-electron chi connectivity index (χ3n) is 8.52. The Morgan fingerprint density at radius 3 is 1.55 bits per heavy atom. The minimum atomic E-state index is -2.75. The van der Waals surface area contributed by atoms with Gasteiger partial charge in [-0.3, -0.25) is 9.13 Å². The smallest absolute Gasteiger partial charge is 0.319 e. The van der Waals surface area contributed by atoms with Crippen molar-refractivity contribution in [1.82, 2.24) is 0 Å². The molecule has 0 bridgehead atoms. The van der Waals surface area contributed by atoms with Gasteiger partial charge < -0.3 is 67.9 Å². The summed E-state index contributed by atoms with van der Waals surface area (Å²) in [4.78, 5) is 0. The van der Waals surface area contributed by atoms with Gasteiger partial charge in [0.05, 0.1) is 57.5 Å². The summed E-state index contributed by atoms with van der Waals surface area (Å²) >= 11 is 0. The van der Waals surface area contributed by atoms with Crippen molar-refractivity contribution in [3.63, 3.8) is 0 Å². The molecule has 2 heterocycles. The molecule has 2 aliphatic rings. The van der Waals surface area contributed by atoms with Crippen molar-refractivity contribution in [2.45, 2.75) is 134 Å². The standard InChI is InChI=1S/C31H62O16P2.2Y/c1-20(2)45-23(11-16-48(38)42-14-9-5-7-12-40-30-21(3)26(34)28(36)24(17-32)46-30)19-44-49(39)43-15-10-6-8-13-41-31-22(4)27(35)29(37)25(18-33)47-31;;/h20-37,48-49H,5-19H2,1-4H3;;. The van der Waals surface area contributed by atoms with Crippen molar-refractivity contribution >= 4 is 16.3 Å². The van der Waals surface area contributed by atoms with Gasteiger partial charge in [-0.2, -0.15) is 0 Å². The molecule has 6 N–H and O–H groups in total. The van der Waals surface area contributed by atoms with E-state index in [1.807, 2.05) is 13.8 Å². The molecule has 13 atom stereocenters. The fourth-order valence-electron chi connectivity index (χ4n) is 5.45. The molecule has 2 fully saturated rings. The normalized spacial score (nSPS) is 31.4. The molecular weight excluding hydrogens is 868 g/mol. The number of aliphatic hydroxyl groups is 6. The third kappa shape index (κ3) is 20.4. The summed E-state index contributed by atoms with van der Waals surface area (Å²) in [7, 11) is -5.05. The van der Waals surface area contributed by atoms with Crippen LogP contribution in [0.25, 0.3) is 0 Å². The maximum atomic E-state index is 12.5. The van der Waals surface area contributed by atoms with Crippen molar-refractivity contribution in [1.29, 1.82) is 0 Å². The zero-order chi connectivity index (χ0) is 36.3. The maximum absolute atomic E-state index is 12.5. The predicted molar refractivity (Wildman–Crippen MR) is 179 cm³/mol. The average molecular weight is 931 g/mol. The second-order valence-corrected chi connectivity index (χ2v) is 15.6. The van der Waals surface area contributed by atoms with Gasteiger partial charge in [-0.1, -0.05) is 13.8 Å². The van der Waals surface area contributed by atoms with Gasteiger partial charge in [0.25, 0.3) is 0 Å². The van der Waals surface area contributed by atoms with Crippen molar-refractivity contribution in [2.24, 2.45) is 11.8 Å². The third-order valence-corrected chi connectivity index (χ3v) is 10.6. The molecule has 0 saturated carbocycles. The first-order valence-electron chi connectivity index (χ1n) is 17.5. The van der Waals surface area contributed by atoms with Crippen LogP contribution in [0.4, 0.5) is 0 Å². The number of ether oxygens (including phenoxy) is 5. The van der Waals surface area contributed by atoms with Gasteiger partial charge in [0.2, 0.25) is 0 Å². The topological polar surface area (TPSA) is 229 Å². The number of unbranched alkanes of at least 4 members (excludes halogenated alkanes) is 4. The summed E-state index contributed by atoms with van der Waals surface area (Å²) in [6.07, 6.45) is -3.37. The van der Waals surface area contributed by atoms with Crippen molar-refractivity contribution in [3.8, 4) is 0 Å². The number of hydrogen-bond donors (Lipinski definition) is 6. The largest absolute Gasteiger partial charge is 0.394 e. The van der Waals surface area contributed by atoms with Crippen LogP contribution < -0.4 is 0 Å². The van der Waals surface area contributed by atoms with Gasteiger partial charge in [-0.05, 0) is 58.8 Å². The van der Waals surface area contributed by atoms with Crippen molar-refractivity contribution in [2.75, 3.05) is 52.4 Å². The first kappa shape index (κ1) is 53.1. The molecule has 298 valence electrons. The van der Waals surface area contributed by atoms with E-state index >= 15 is 0 Å². The van der Waals surface area contributed by atoms with Crippen molar-refractivity contribution in [3.05, 3.63) is 0 Å². The van der Waals surface area contributed by atoms with Gasteiger partial charge in [-0.25, -0.2) is 0 Å². The fourth-order valence-corrected chi connectivity index (χ4v) is 7.24. The van der Waals surface area contributed by atoms with E-state index in [0.717, 1.165) is 12.8 Å². The zero-order valence-electron chi connectivity index (χ0n) is 30.5. The first-order chi connectivity index (χ1) is 23.4. The Morgan fingerprint density at radius 1 is 0.647 bits per heavy atom. The molecule has 0 aromatic carbocycles. The molecule has 0 aliphatic carbocycles. The molecule has 0 spiro atoms. The molecule has 51 heavy (non-hydrogen) atoms. The Morgan fingerprint density at radius 2 is 1.10 bits per heavy atom. The van der Waals surface area contributed by atoms with E-state index in [-0.39, 0.29) is 84.7 Å². The zero-order valence-corrected chi connectivity index (χ0v) is 38.1. The second-order valence-electron chi connectivity index (χ2n) is 13.0. The molecule has 16 nitrogen and oxygen atoms in total. The fraction of sp³-hybridized carbons (Fsp3) is 1.00. The molecule has 20 heteroatoms. The Labute approximate surface area is 354 Å². The summed E-state index contributed by atoms with van der Waals surface area (Å²) in [5, 5.41) is 58.7. The quantitative estimate of drug-likeness (QED) is 0.0535. The van der Waals surface area contributed by atoms with Crippen LogP contribution in [0.3, 0.4) is 0 Å². The maximum Gasteiger partial charge on any atom is 0.319 e. The van der Waals surface area contributed by atoms with Crippen LogP contribution in [0.2, 0.25) is 0 Å². The van der Waals surface area contributed by atoms with E-state index in [1.165, 1.54) is 0 Å². The minimum absolute atomic E-state index is 0. The Hall–Kier alpha value is 2.11. The SMILES string of the molecule is CC(C)OC(CC[PH](=O)OCCCCCOC1OC(CO)C(O)C(O)C1C)CO[PH](=O)OCCCCCOC1OC(CO)C(O)C(O)C1C.[Y].[Y]. The Kier molecular flexibility index (Phi) is 31.5. The molecule has 0 aromatic rings. The molecule has 0 amide bonds. The number of hydrogen-bond acceptors (Lipinski definition) is 16. The summed E-state index contributed by atoms with van der Waals surface area (Å²) in [5.74, 6) is -0.893. The summed E-state index contributed by atoms with van der Waals surface area (Å²) in [6, 6.07) is 0. The van der Waals surface area contributed by atoms with Crippen LogP contribution in [0.5, 0.6) is 0 Å². The Bertz CT molecular complexity index is 861. The molecule has 2 rings (SSSR count). The number of rotatable bonds is 26. The van der Waals surface area contributed by atoms with Crippen molar-refractivity contribution < 1.29 is 142 Å². The monoisotopic (exact) mass is 930 g/mol. The van der Waals surface area contributed by atoms with Crippen LogP contribution >= 0.6 is 16.3 Å². The van der Waals surface area contributed by atoms with E-state index in [2.05, 4.69) is 0 Å². The molecule has 2 radical (unpaired) electrons. The molecule has 2 aliphatic heterocycles. The van der Waals surface area contributed by atoms with Gasteiger partial charge in [0.15, 0.2) is 20.6 Å². The number of aliphatic hydroxyl groups excluding tert-OH is 6. The summed E-state index contributed by atoms with van der Waals surface area (Å²) < 4.78 is 69.3. The average Bonchev–Trinajstić information content (AvgIpc) is 3.08. The van der Waals surface area contributed by atoms with Gasteiger partial charge in [-0.15, -0.1) is 0 Å². The van der Waals surface area contributed by atoms with E-state index in [1.54, 1.807) is 13.8 Å². The van der Waals surface area contributed by atoms with Crippen LogP contribution in [-0.2, 0) is 112 Å². The van der Waals surface area contributed by atoms with Crippen LogP contribution in [0.1, 0.15) is 72.6 Å². The van der Waals surface area contributed by atoms with Crippen LogP contribution in [0.15, 0.2) is 0 Å². The van der Waals surface area contributed by atoms with E-state index in [0.29, 0.717) is 58.1 Å². The summed E-state index contributed by atoms with van der Waals surface area (Å²) in [5.41, 5.74) is 0. The van der Waals surface area contributed by atoms with E-state index in [9.17, 15) is 39.8 Å². The minimum Gasteiger partial charge on any atom is -0.394 e. The van der Waals surface area contributed by atoms with Crippen LogP contribution in [-0.4, -0.2) is 144 Å². The van der Waals surface area contributed by atoms with Gasteiger partial charge in [0, 0.05) is 96.6 Å². The van der Waals surface area contributed by atoms with E-state index in [4.69, 9.17) is 37.3 Å². The first-order valence-corrected chi connectivity index (χ1v) is 20.2. The van der Waals surface area contributed by atoms with Crippen LogP contribution in [0, 0.1) is 11.8 Å². The molecule has 13 unspecified atom stereocenters. The summed E-state index contributed by atoms with van der Waals surface area (Å²) in [6.45, 7) is 7.63. The molecule has 0 aromatic heterocycles. The molecule has 2 saturated heterocycles. The predicted octanol–water partition coefficient (Wildman–Crippen LogP) is 1.60. The Balaban J connectivity index is 0.0000125. The van der Waals surface area contributed by atoms with Gasteiger partial charge in [0.1, 0.15) is 24.4 Å². The van der Waals surface area contributed by atoms with Gasteiger partial charge >= 0.3 is 8.25 Å².